The molecule has 0 fully saturated rings. The average molecular weight is 272 g/mol. The third kappa shape index (κ3) is 3.82. The molecule has 2 nitrogen and oxygen atoms in total. The Kier molecular flexibility index (Phi) is 5.00. The van der Waals surface area contributed by atoms with Crippen LogP contribution in [0.4, 0.5) is 0 Å². The molecule has 1 atom stereocenters. The van der Waals surface area contributed by atoms with Gasteiger partial charge in [-0.2, -0.15) is 0 Å². The monoisotopic (exact) mass is 272 g/mol. The molecule has 0 radical (unpaired) electrons. The summed E-state index contributed by atoms with van der Waals surface area (Å²) in [4.78, 5) is 5.63. The molecule has 0 aliphatic carbocycles. The first-order valence-electron chi connectivity index (χ1n) is 6.48. The highest BCUT2D eigenvalue weighted by Crippen LogP contribution is 2.26. The quantitative estimate of drug-likeness (QED) is 0.839. The van der Waals surface area contributed by atoms with Crippen molar-refractivity contribution in [1.82, 2.24) is 10.3 Å². The van der Waals surface area contributed by atoms with Gasteiger partial charge in [0, 0.05) is 29.1 Å². The van der Waals surface area contributed by atoms with E-state index in [1.54, 1.807) is 0 Å². The molecular weight excluding hydrogens is 252 g/mol. The molecule has 19 heavy (non-hydrogen) atoms. The maximum atomic E-state index is 4.28. The van der Waals surface area contributed by atoms with Crippen LogP contribution in [0.2, 0.25) is 0 Å². The van der Waals surface area contributed by atoms with E-state index in [1.165, 1.54) is 21.6 Å². The van der Waals surface area contributed by atoms with Crippen LogP contribution in [-0.2, 0) is 0 Å². The van der Waals surface area contributed by atoms with Gasteiger partial charge in [0.2, 0.25) is 0 Å². The Morgan fingerprint density at radius 2 is 2.00 bits per heavy atom. The molecule has 0 aliphatic rings. The molecule has 1 N–H and O–H groups in total. The van der Waals surface area contributed by atoms with Gasteiger partial charge >= 0.3 is 0 Å². The highest BCUT2D eigenvalue weighted by Gasteiger charge is 2.11. The van der Waals surface area contributed by atoms with Crippen LogP contribution in [0.25, 0.3) is 0 Å². The molecule has 1 unspecified atom stereocenters. The number of aromatic nitrogens is 1. The first-order valence-corrected chi connectivity index (χ1v) is 7.46. The number of nitrogens with one attached hydrogen (secondary N) is 1. The molecule has 0 bridgehead atoms. The van der Waals surface area contributed by atoms with Crippen LogP contribution in [0.3, 0.4) is 0 Å². The molecule has 2 rings (SSSR count). The summed E-state index contributed by atoms with van der Waals surface area (Å²) in [5.41, 5.74) is 3.80. The van der Waals surface area contributed by atoms with Crippen molar-refractivity contribution < 1.29 is 0 Å². The third-order valence-corrected chi connectivity index (χ3v) is 4.42. The molecule has 2 aromatic rings. The van der Waals surface area contributed by atoms with Crippen LogP contribution in [0.1, 0.15) is 22.7 Å². The van der Waals surface area contributed by atoms with Crippen molar-refractivity contribution in [3.63, 3.8) is 0 Å². The van der Waals surface area contributed by atoms with Crippen LogP contribution in [0.5, 0.6) is 0 Å². The molecule has 3 heteroatoms. The number of rotatable bonds is 5. The van der Waals surface area contributed by atoms with Crippen molar-refractivity contribution in [2.24, 2.45) is 0 Å². The molecule has 100 valence electrons. The van der Waals surface area contributed by atoms with E-state index < -0.39 is 0 Å². The number of thioether (sulfide) groups is 1. The summed E-state index contributed by atoms with van der Waals surface area (Å²) in [5.74, 6) is 1.01. The molecule has 1 aromatic heterocycles. The van der Waals surface area contributed by atoms with E-state index in [0.29, 0.717) is 6.04 Å². The maximum Gasteiger partial charge on any atom is 0.0428 e. The second kappa shape index (κ2) is 6.73. The third-order valence-electron chi connectivity index (χ3n) is 3.15. The Balaban J connectivity index is 2.06. The van der Waals surface area contributed by atoms with Gasteiger partial charge in [0.1, 0.15) is 0 Å². The Labute approximate surface area is 119 Å². The number of aryl methyl sites for hydroxylation is 2. The first kappa shape index (κ1) is 14.1. The smallest absolute Gasteiger partial charge is 0.0428 e. The highest BCUT2D eigenvalue weighted by molar-refractivity contribution is 7.99. The van der Waals surface area contributed by atoms with E-state index in [-0.39, 0.29) is 0 Å². The van der Waals surface area contributed by atoms with Crippen molar-refractivity contribution in [3.05, 3.63) is 59.4 Å². The van der Waals surface area contributed by atoms with Crippen LogP contribution < -0.4 is 5.32 Å². The standard InChI is InChI=1S/C16H20N2S/c1-12-8-14(10-18-9-12)15(17-3)11-19-16-7-5-4-6-13(16)2/h4-10,15,17H,11H2,1-3H3. The van der Waals surface area contributed by atoms with Gasteiger partial charge in [-0.25, -0.2) is 0 Å². The summed E-state index contributed by atoms with van der Waals surface area (Å²) in [6.07, 6.45) is 3.84. The van der Waals surface area contributed by atoms with Crippen molar-refractivity contribution in [1.29, 1.82) is 0 Å². The Hall–Kier alpha value is -1.32. The lowest BCUT2D eigenvalue weighted by Gasteiger charge is -2.17. The summed E-state index contributed by atoms with van der Waals surface area (Å²) >= 11 is 1.89. The predicted molar refractivity (Wildman–Crippen MR) is 82.7 cm³/mol. The molecule has 0 amide bonds. The lowest BCUT2D eigenvalue weighted by atomic mass is 10.1. The number of hydrogen-bond acceptors (Lipinski definition) is 3. The average Bonchev–Trinajstić information content (AvgIpc) is 2.41. The minimum Gasteiger partial charge on any atom is -0.312 e. The van der Waals surface area contributed by atoms with Gasteiger partial charge in [0.25, 0.3) is 0 Å². The summed E-state index contributed by atoms with van der Waals surface area (Å²) in [5, 5.41) is 3.37. The minimum absolute atomic E-state index is 0.331. The van der Waals surface area contributed by atoms with E-state index in [1.807, 2.05) is 31.2 Å². The minimum atomic E-state index is 0.331. The van der Waals surface area contributed by atoms with Gasteiger partial charge < -0.3 is 5.32 Å². The van der Waals surface area contributed by atoms with Crippen molar-refractivity contribution in [3.8, 4) is 0 Å². The Morgan fingerprint density at radius 3 is 2.68 bits per heavy atom. The summed E-state index contributed by atoms with van der Waals surface area (Å²) in [6, 6.07) is 11.0. The van der Waals surface area contributed by atoms with Crippen LogP contribution in [0, 0.1) is 13.8 Å². The zero-order chi connectivity index (χ0) is 13.7. The van der Waals surface area contributed by atoms with E-state index in [0.717, 1.165) is 5.75 Å². The molecule has 1 heterocycles. The highest BCUT2D eigenvalue weighted by atomic mass is 32.2. The Bertz CT molecular complexity index is 540. The molecule has 1 aromatic carbocycles. The molecule has 0 spiro atoms. The number of pyridine rings is 1. The van der Waals surface area contributed by atoms with Crippen molar-refractivity contribution in [2.45, 2.75) is 24.8 Å². The van der Waals surface area contributed by atoms with Crippen LogP contribution >= 0.6 is 11.8 Å². The number of hydrogen-bond donors (Lipinski definition) is 1. The van der Waals surface area contributed by atoms with E-state index in [4.69, 9.17) is 0 Å². The van der Waals surface area contributed by atoms with E-state index >= 15 is 0 Å². The zero-order valence-electron chi connectivity index (χ0n) is 11.7. The van der Waals surface area contributed by atoms with Crippen molar-refractivity contribution >= 4 is 11.8 Å². The fourth-order valence-corrected chi connectivity index (χ4v) is 3.18. The number of benzene rings is 1. The van der Waals surface area contributed by atoms with E-state index in [2.05, 4.69) is 54.5 Å². The van der Waals surface area contributed by atoms with Gasteiger partial charge in [-0.15, -0.1) is 11.8 Å². The maximum absolute atomic E-state index is 4.28. The molecule has 0 aliphatic heterocycles. The SMILES string of the molecule is CNC(CSc1ccccc1C)c1cncc(C)c1. The van der Waals surface area contributed by atoms with Crippen LogP contribution in [-0.4, -0.2) is 17.8 Å². The van der Waals surface area contributed by atoms with Gasteiger partial charge in [0.15, 0.2) is 0 Å². The normalized spacial score (nSPS) is 12.4. The number of nitrogens with zero attached hydrogens (tertiary/aromatic N) is 1. The van der Waals surface area contributed by atoms with Crippen molar-refractivity contribution in [2.75, 3.05) is 12.8 Å². The second-order valence-electron chi connectivity index (χ2n) is 4.71. The van der Waals surface area contributed by atoms with Gasteiger partial charge in [-0.05, 0) is 43.7 Å². The lowest BCUT2D eigenvalue weighted by molar-refractivity contribution is 0.658. The largest absolute Gasteiger partial charge is 0.312 e. The Morgan fingerprint density at radius 1 is 1.21 bits per heavy atom. The molecular formula is C16H20N2S. The first-order chi connectivity index (χ1) is 9.20. The second-order valence-corrected chi connectivity index (χ2v) is 5.78. The predicted octanol–water partition coefficient (Wildman–Crippen LogP) is 3.75. The summed E-state index contributed by atoms with van der Waals surface area (Å²) in [6.45, 7) is 4.24. The zero-order valence-corrected chi connectivity index (χ0v) is 12.5. The van der Waals surface area contributed by atoms with Crippen LogP contribution in [0.15, 0.2) is 47.6 Å². The van der Waals surface area contributed by atoms with Gasteiger partial charge in [-0.1, -0.05) is 24.3 Å². The fourth-order valence-electron chi connectivity index (χ4n) is 2.01. The summed E-state index contributed by atoms with van der Waals surface area (Å²) in [7, 11) is 2.01. The van der Waals surface area contributed by atoms with E-state index in [9.17, 15) is 0 Å². The molecule has 0 saturated carbocycles. The fraction of sp³-hybridized carbons (Fsp3) is 0.312. The topological polar surface area (TPSA) is 24.9 Å². The lowest BCUT2D eigenvalue weighted by Crippen LogP contribution is -2.19. The van der Waals surface area contributed by atoms with Gasteiger partial charge in [0.05, 0.1) is 0 Å². The van der Waals surface area contributed by atoms with Gasteiger partial charge in [-0.3, -0.25) is 4.98 Å². The molecule has 0 saturated heterocycles. The summed E-state index contributed by atoms with van der Waals surface area (Å²) < 4.78 is 0.